The van der Waals surface area contributed by atoms with Gasteiger partial charge in [0.25, 0.3) is 0 Å². The van der Waals surface area contributed by atoms with Crippen molar-refractivity contribution in [1.29, 1.82) is 0 Å². The number of hydrogen-bond donors (Lipinski definition) is 1. The van der Waals surface area contributed by atoms with Crippen LogP contribution in [0, 0.1) is 6.92 Å². The predicted molar refractivity (Wildman–Crippen MR) is 104 cm³/mol. The normalized spacial score (nSPS) is 16.2. The van der Waals surface area contributed by atoms with E-state index in [4.69, 9.17) is 9.47 Å². The SMILES string of the molecule is Cc1ccc(OCCC(=O)NC[C@H](c2cccs2)N2CCOCC2)cc1. The van der Waals surface area contributed by atoms with E-state index >= 15 is 0 Å². The highest BCUT2D eigenvalue weighted by Gasteiger charge is 2.23. The van der Waals surface area contributed by atoms with Crippen LogP contribution in [0.2, 0.25) is 0 Å². The molecular weight excluding hydrogens is 348 g/mol. The van der Waals surface area contributed by atoms with Crippen molar-refractivity contribution in [2.24, 2.45) is 0 Å². The number of nitrogens with one attached hydrogen (secondary N) is 1. The van der Waals surface area contributed by atoms with Gasteiger partial charge in [0.2, 0.25) is 5.91 Å². The minimum absolute atomic E-state index is 0.0203. The molecule has 6 heteroatoms. The summed E-state index contributed by atoms with van der Waals surface area (Å²) in [7, 11) is 0. The maximum atomic E-state index is 12.2. The molecule has 0 unspecified atom stereocenters. The van der Waals surface area contributed by atoms with Gasteiger partial charge in [-0.25, -0.2) is 0 Å². The Labute approximate surface area is 158 Å². The molecule has 0 bridgehead atoms. The second-order valence-corrected chi connectivity index (χ2v) is 7.37. The Balaban J connectivity index is 1.45. The lowest BCUT2D eigenvalue weighted by Gasteiger charge is -2.34. The maximum absolute atomic E-state index is 12.2. The van der Waals surface area contributed by atoms with Gasteiger partial charge in [-0.15, -0.1) is 11.3 Å². The molecule has 1 amide bonds. The Morgan fingerprint density at radius 2 is 2.04 bits per heavy atom. The number of aryl methyl sites for hydroxylation is 1. The number of benzene rings is 1. The van der Waals surface area contributed by atoms with E-state index in [1.165, 1.54) is 10.4 Å². The molecule has 1 atom stereocenters. The number of nitrogens with zero attached hydrogens (tertiary/aromatic N) is 1. The summed E-state index contributed by atoms with van der Waals surface area (Å²) in [5, 5.41) is 5.15. The molecular formula is C20H26N2O3S. The van der Waals surface area contributed by atoms with Crippen molar-refractivity contribution in [3.05, 3.63) is 52.2 Å². The van der Waals surface area contributed by atoms with Crippen LogP contribution < -0.4 is 10.1 Å². The lowest BCUT2D eigenvalue weighted by atomic mass is 10.2. The van der Waals surface area contributed by atoms with Crippen LogP contribution in [0.25, 0.3) is 0 Å². The van der Waals surface area contributed by atoms with Crippen molar-refractivity contribution in [1.82, 2.24) is 10.2 Å². The van der Waals surface area contributed by atoms with Crippen molar-refractivity contribution in [2.45, 2.75) is 19.4 Å². The third-order valence-corrected chi connectivity index (χ3v) is 5.44. The van der Waals surface area contributed by atoms with E-state index in [0.29, 0.717) is 19.6 Å². The van der Waals surface area contributed by atoms with Crippen LogP contribution in [-0.2, 0) is 9.53 Å². The fourth-order valence-electron chi connectivity index (χ4n) is 2.97. The van der Waals surface area contributed by atoms with E-state index in [2.05, 4.69) is 27.7 Å². The number of rotatable bonds is 8. The van der Waals surface area contributed by atoms with Gasteiger partial charge < -0.3 is 14.8 Å². The van der Waals surface area contributed by atoms with Crippen molar-refractivity contribution >= 4 is 17.2 Å². The summed E-state index contributed by atoms with van der Waals surface area (Å²) in [5.41, 5.74) is 1.19. The average molecular weight is 375 g/mol. The first-order chi connectivity index (χ1) is 12.7. The monoisotopic (exact) mass is 374 g/mol. The molecule has 0 radical (unpaired) electrons. The molecule has 1 aromatic carbocycles. The van der Waals surface area contributed by atoms with Crippen molar-refractivity contribution in [3.63, 3.8) is 0 Å². The van der Waals surface area contributed by atoms with Gasteiger partial charge in [-0.2, -0.15) is 0 Å². The molecule has 2 heterocycles. The number of amides is 1. The van der Waals surface area contributed by atoms with E-state index in [-0.39, 0.29) is 11.9 Å². The summed E-state index contributed by atoms with van der Waals surface area (Å²) >= 11 is 1.73. The number of morpholine rings is 1. The highest BCUT2D eigenvalue weighted by molar-refractivity contribution is 7.10. The van der Waals surface area contributed by atoms with Gasteiger partial charge in [-0.1, -0.05) is 23.8 Å². The van der Waals surface area contributed by atoms with Gasteiger partial charge in [-0.05, 0) is 30.5 Å². The topological polar surface area (TPSA) is 50.8 Å². The molecule has 140 valence electrons. The van der Waals surface area contributed by atoms with Crippen LogP contribution in [0.5, 0.6) is 5.75 Å². The first kappa shape index (κ1) is 18.9. The molecule has 1 saturated heterocycles. The minimum Gasteiger partial charge on any atom is -0.493 e. The number of hydrogen-bond acceptors (Lipinski definition) is 5. The van der Waals surface area contributed by atoms with Crippen LogP contribution in [0.3, 0.4) is 0 Å². The highest BCUT2D eigenvalue weighted by atomic mass is 32.1. The van der Waals surface area contributed by atoms with Crippen LogP contribution in [0.1, 0.15) is 22.9 Å². The Morgan fingerprint density at radius 1 is 1.27 bits per heavy atom. The van der Waals surface area contributed by atoms with Crippen molar-refractivity contribution in [3.8, 4) is 5.75 Å². The number of ether oxygens (including phenoxy) is 2. The Morgan fingerprint density at radius 3 is 2.73 bits per heavy atom. The zero-order valence-electron chi connectivity index (χ0n) is 15.1. The fraction of sp³-hybridized carbons (Fsp3) is 0.450. The first-order valence-electron chi connectivity index (χ1n) is 9.04. The van der Waals surface area contributed by atoms with Crippen LogP contribution >= 0.6 is 11.3 Å². The second-order valence-electron chi connectivity index (χ2n) is 6.40. The van der Waals surface area contributed by atoms with Crippen LogP contribution in [0.4, 0.5) is 0 Å². The summed E-state index contributed by atoms with van der Waals surface area (Å²) in [6.45, 7) is 6.33. The van der Waals surface area contributed by atoms with E-state index < -0.39 is 0 Å². The van der Waals surface area contributed by atoms with E-state index in [1.807, 2.05) is 31.2 Å². The Hall–Kier alpha value is -1.89. The highest BCUT2D eigenvalue weighted by Crippen LogP contribution is 2.25. The molecule has 1 aliphatic heterocycles. The Kier molecular flexibility index (Phi) is 7.05. The van der Waals surface area contributed by atoms with Gasteiger partial charge in [0.05, 0.1) is 32.3 Å². The number of carbonyl (C=O) groups is 1. The zero-order chi connectivity index (χ0) is 18.2. The molecule has 2 aromatic rings. The van der Waals surface area contributed by atoms with Crippen LogP contribution in [0.15, 0.2) is 41.8 Å². The summed E-state index contributed by atoms with van der Waals surface area (Å²) in [4.78, 5) is 15.9. The lowest BCUT2D eigenvalue weighted by Crippen LogP contribution is -2.43. The van der Waals surface area contributed by atoms with Crippen molar-refractivity contribution < 1.29 is 14.3 Å². The van der Waals surface area contributed by atoms with Crippen molar-refractivity contribution in [2.75, 3.05) is 39.5 Å². The molecule has 1 N–H and O–H groups in total. The molecule has 0 aliphatic carbocycles. The fourth-order valence-corrected chi connectivity index (χ4v) is 3.84. The molecule has 0 saturated carbocycles. The minimum atomic E-state index is 0.0203. The largest absolute Gasteiger partial charge is 0.493 e. The molecule has 5 nitrogen and oxygen atoms in total. The van der Waals surface area contributed by atoms with Gasteiger partial charge in [-0.3, -0.25) is 9.69 Å². The molecule has 1 aromatic heterocycles. The van der Waals surface area contributed by atoms with Gasteiger partial charge in [0, 0.05) is 24.5 Å². The van der Waals surface area contributed by atoms with Gasteiger partial charge in [0.1, 0.15) is 5.75 Å². The average Bonchev–Trinajstić information content (AvgIpc) is 3.19. The Bertz CT molecular complexity index is 667. The van der Waals surface area contributed by atoms with Crippen LogP contribution in [-0.4, -0.2) is 50.3 Å². The zero-order valence-corrected chi connectivity index (χ0v) is 16.0. The predicted octanol–water partition coefficient (Wildman–Crippen LogP) is 3.02. The summed E-state index contributed by atoms with van der Waals surface area (Å²) in [5.74, 6) is 0.820. The van der Waals surface area contributed by atoms with E-state index in [1.54, 1.807) is 11.3 Å². The number of carbonyl (C=O) groups excluding carboxylic acids is 1. The second kappa shape index (κ2) is 9.71. The third-order valence-electron chi connectivity index (χ3n) is 4.47. The lowest BCUT2D eigenvalue weighted by molar-refractivity contribution is -0.121. The number of thiophene rings is 1. The van der Waals surface area contributed by atoms with E-state index in [9.17, 15) is 4.79 Å². The first-order valence-corrected chi connectivity index (χ1v) is 9.92. The van der Waals surface area contributed by atoms with E-state index in [0.717, 1.165) is 32.1 Å². The molecule has 0 spiro atoms. The quantitative estimate of drug-likeness (QED) is 0.772. The summed E-state index contributed by atoms with van der Waals surface area (Å²) < 4.78 is 11.1. The van der Waals surface area contributed by atoms with Gasteiger partial charge in [0.15, 0.2) is 0 Å². The molecule has 1 fully saturated rings. The summed E-state index contributed by atoms with van der Waals surface area (Å²) in [6.07, 6.45) is 0.355. The summed E-state index contributed by atoms with van der Waals surface area (Å²) in [6, 6.07) is 12.3. The van der Waals surface area contributed by atoms with Gasteiger partial charge >= 0.3 is 0 Å². The molecule has 3 rings (SSSR count). The molecule has 26 heavy (non-hydrogen) atoms. The third kappa shape index (κ3) is 5.56. The molecule has 1 aliphatic rings. The standard InChI is InChI=1S/C20H26N2O3S/c1-16-4-6-17(7-5-16)25-11-8-20(23)21-15-18(19-3-2-14-26-19)22-9-12-24-13-10-22/h2-7,14,18H,8-13,15H2,1H3,(H,21,23)/t18-/m1/s1. The smallest absolute Gasteiger partial charge is 0.223 e. The maximum Gasteiger partial charge on any atom is 0.223 e.